The van der Waals surface area contributed by atoms with Gasteiger partial charge in [-0.05, 0) is 26.8 Å². The molecule has 0 aliphatic carbocycles. The number of carbonyl (C=O) groups is 1. The molecule has 94 valence electrons. The molecular weight excluding hydrogens is 236 g/mol. The van der Waals surface area contributed by atoms with E-state index in [1.165, 1.54) is 0 Å². The molecule has 0 fully saturated rings. The van der Waals surface area contributed by atoms with Crippen LogP contribution in [0.5, 0.6) is 0 Å². The maximum Gasteiger partial charge on any atom is 0.307 e. The zero-order valence-electron chi connectivity index (χ0n) is 10.5. The van der Waals surface area contributed by atoms with Gasteiger partial charge < -0.3 is 4.74 Å². The Balaban J connectivity index is 2.14. The number of hydrogen-bond acceptors (Lipinski definition) is 5. The molecule has 0 unspecified atom stereocenters. The molecule has 0 aliphatic heterocycles. The molecule has 0 aromatic carbocycles. The number of hydrogen-bond donors (Lipinski definition) is 0. The molecule has 1 rings (SSSR count). The molecular formula is C12H18N2O2S. The Morgan fingerprint density at radius 2 is 2.00 bits per heavy atom. The Bertz CT molecular complexity index is 349. The van der Waals surface area contributed by atoms with Gasteiger partial charge in [0.2, 0.25) is 0 Å². The summed E-state index contributed by atoms with van der Waals surface area (Å²) in [6, 6.07) is 1.79. The Morgan fingerprint density at radius 1 is 1.35 bits per heavy atom. The summed E-state index contributed by atoms with van der Waals surface area (Å²) in [6.45, 7) is 5.61. The lowest BCUT2D eigenvalue weighted by atomic mass is 10.2. The monoisotopic (exact) mass is 254 g/mol. The molecule has 0 saturated heterocycles. The maximum absolute atomic E-state index is 11.4. The summed E-state index contributed by atoms with van der Waals surface area (Å²) in [5, 5.41) is 0. The topological polar surface area (TPSA) is 52.1 Å². The quantitative estimate of drug-likeness (QED) is 0.596. The number of esters is 1. The van der Waals surface area contributed by atoms with E-state index < -0.39 is 5.60 Å². The van der Waals surface area contributed by atoms with Crippen LogP contribution in [-0.4, -0.2) is 27.3 Å². The number of nitrogens with zero attached hydrogens (tertiary/aromatic N) is 2. The van der Waals surface area contributed by atoms with E-state index >= 15 is 0 Å². The van der Waals surface area contributed by atoms with E-state index in [1.807, 2.05) is 20.8 Å². The minimum Gasteiger partial charge on any atom is -0.460 e. The third-order valence-corrected chi connectivity index (χ3v) is 2.68. The molecule has 4 nitrogen and oxygen atoms in total. The van der Waals surface area contributed by atoms with Crippen molar-refractivity contribution in [3.63, 3.8) is 0 Å². The second kappa shape index (κ2) is 6.59. The predicted octanol–water partition coefficient (Wildman–Crippen LogP) is 2.44. The van der Waals surface area contributed by atoms with Crippen LogP contribution in [0.1, 0.15) is 33.0 Å². The van der Waals surface area contributed by atoms with Crippen molar-refractivity contribution >= 4 is 17.7 Å². The van der Waals surface area contributed by atoms with Crippen LogP contribution < -0.4 is 0 Å². The van der Waals surface area contributed by atoms with E-state index in [2.05, 4.69) is 9.97 Å². The van der Waals surface area contributed by atoms with Gasteiger partial charge in [-0.3, -0.25) is 4.79 Å². The van der Waals surface area contributed by atoms with Gasteiger partial charge >= 0.3 is 5.97 Å². The third-order valence-electron chi connectivity index (χ3n) is 1.72. The molecule has 1 heterocycles. The fourth-order valence-corrected chi connectivity index (χ4v) is 1.90. The highest BCUT2D eigenvalue weighted by Gasteiger charge is 2.15. The lowest BCUT2D eigenvalue weighted by Crippen LogP contribution is -2.24. The highest BCUT2D eigenvalue weighted by Crippen LogP contribution is 2.12. The molecule has 0 saturated carbocycles. The second-order valence-electron chi connectivity index (χ2n) is 4.55. The molecule has 0 spiro atoms. The summed E-state index contributed by atoms with van der Waals surface area (Å²) >= 11 is 1.63. The first-order valence-corrected chi connectivity index (χ1v) is 6.68. The van der Waals surface area contributed by atoms with Crippen molar-refractivity contribution in [1.82, 2.24) is 9.97 Å². The highest BCUT2D eigenvalue weighted by molar-refractivity contribution is 7.98. The van der Waals surface area contributed by atoms with Crippen molar-refractivity contribution in [3.8, 4) is 0 Å². The third kappa shape index (κ3) is 6.94. The number of thioether (sulfide) groups is 1. The van der Waals surface area contributed by atoms with Crippen molar-refractivity contribution in [2.24, 2.45) is 0 Å². The average molecular weight is 254 g/mol. The van der Waals surface area contributed by atoms with Crippen LogP contribution in [-0.2, 0) is 15.3 Å². The minimum absolute atomic E-state index is 0.154. The number of carbonyl (C=O) groups excluding carboxylic acids is 1. The van der Waals surface area contributed by atoms with E-state index in [4.69, 9.17) is 4.74 Å². The van der Waals surface area contributed by atoms with Crippen LogP contribution in [0.2, 0.25) is 0 Å². The van der Waals surface area contributed by atoms with Gasteiger partial charge in [0.15, 0.2) is 0 Å². The Labute approximate surface area is 106 Å². The summed E-state index contributed by atoms with van der Waals surface area (Å²) < 4.78 is 5.21. The molecule has 0 N–H and O–H groups in total. The van der Waals surface area contributed by atoms with E-state index in [0.717, 1.165) is 17.3 Å². The van der Waals surface area contributed by atoms with Crippen molar-refractivity contribution in [2.45, 2.75) is 38.5 Å². The second-order valence-corrected chi connectivity index (χ2v) is 5.66. The van der Waals surface area contributed by atoms with Gasteiger partial charge in [-0.1, -0.05) is 0 Å². The lowest BCUT2D eigenvalue weighted by molar-refractivity contribution is -0.154. The average Bonchev–Trinajstić information content (AvgIpc) is 2.23. The maximum atomic E-state index is 11.4. The van der Waals surface area contributed by atoms with Gasteiger partial charge in [0.05, 0.1) is 12.2 Å². The number of aromatic nitrogens is 2. The zero-order valence-corrected chi connectivity index (χ0v) is 11.3. The molecule has 0 amide bonds. The van der Waals surface area contributed by atoms with Gasteiger partial charge in [0.1, 0.15) is 11.4 Å². The SMILES string of the molecule is CC(C)(C)OC(=O)CCSCc1ncccn1. The van der Waals surface area contributed by atoms with Crippen molar-refractivity contribution in [2.75, 3.05) is 5.75 Å². The van der Waals surface area contributed by atoms with E-state index in [1.54, 1.807) is 30.2 Å². The first-order valence-electron chi connectivity index (χ1n) is 5.53. The highest BCUT2D eigenvalue weighted by atomic mass is 32.2. The van der Waals surface area contributed by atoms with Crippen molar-refractivity contribution < 1.29 is 9.53 Å². The number of rotatable bonds is 5. The predicted molar refractivity (Wildman–Crippen MR) is 68.7 cm³/mol. The summed E-state index contributed by atoms with van der Waals surface area (Å²) in [7, 11) is 0. The fourth-order valence-electron chi connectivity index (χ4n) is 1.12. The Morgan fingerprint density at radius 3 is 2.59 bits per heavy atom. The first-order chi connectivity index (χ1) is 7.97. The van der Waals surface area contributed by atoms with Gasteiger partial charge in [0.25, 0.3) is 0 Å². The van der Waals surface area contributed by atoms with Gasteiger partial charge in [0, 0.05) is 18.1 Å². The summed E-state index contributed by atoms with van der Waals surface area (Å²) in [5.41, 5.74) is -0.399. The van der Waals surface area contributed by atoms with Crippen molar-refractivity contribution in [1.29, 1.82) is 0 Å². The normalized spacial score (nSPS) is 11.2. The molecule has 0 bridgehead atoms. The Kier molecular flexibility index (Phi) is 5.41. The van der Waals surface area contributed by atoms with Crippen molar-refractivity contribution in [3.05, 3.63) is 24.3 Å². The number of ether oxygens (including phenoxy) is 1. The standard InChI is InChI=1S/C12H18N2O2S/c1-12(2,3)16-11(15)5-8-17-9-10-13-6-4-7-14-10/h4,6-7H,5,8-9H2,1-3H3. The summed E-state index contributed by atoms with van der Waals surface area (Å²) in [5.74, 6) is 2.09. The summed E-state index contributed by atoms with van der Waals surface area (Å²) in [6.07, 6.45) is 3.86. The first kappa shape index (κ1) is 14.0. The van der Waals surface area contributed by atoms with Crippen LogP contribution in [0.15, 0.2) is 18.5 Å². The molecule has 0 atom stereocenters. The molecule has 17 heavy (non-hydrogen) atoms. The van der Waals surface area contributed by atoms with Gasteiger partial charge in [-0.15, -0.1) is 0 Å². The molecule has 5 heteroatoms. The molecule has 1 aromatic heterocycles. The van der Waals surface area contributed by atoms with Crippen LogP contribution in [0.25, 0.3) is 0 Å². The molecule has 1 aromatic rings. The van der Waals surface area contributed by atoms with E-state index in [9.17, 15) is 4.79 Å². The lowest BCUT2D eigenvalue weighted by Gasteiger charge is -2.19. The van der Waals surface area contributed by atoms with E-state index in [0.29, 0.717) is 6.42 Å². The smallest absolute Gasteiger partial charge is 0.307 e. The van der Waals surface area contributed by atoms with Gasteiger partial charge in [-0.25, -0.2) is 9.97 Å². The van der Waals surface area contributed by atoms with Crippen LogP contribution in [0, 0.1) is 0 Å². The van der Waals surface area contributed by atoms with Crippen LogP contribution >= 0.6 is 11.8 Å². The fraction of sp³-hybridized carbons (Fsp3) is 0.583. The minimum atomic E-state index is -0.399. The van der Waals surface area contributed by atoms with Gasteiger partial charge in [-0.2, -0.15) is 11.8 Å². The molecule has 0 radical (unpaired) electrons. The summed E-state index contributed by atoms with van der Waals surface area (Å²) in [4.78, 5) is 19.6. The van der Waals surface area contributed by atoms with Crippen LogP contribution in [0.4, 0.5) is 0 Å². The van der Waals surface area contributed by atoms with Crippen LogP contribution in [0.3, 0.4) is 0 Å². The Hall–Kier alpha value is -1.10. The van der Waals surface area contributed by atoms with E-state index in [-0.39, 0.29) is 5.97 Å². The zero-order chi connectivity index (χ0) is 12.7. The largest absolute Gasteiger partial charge is 0.460 e. The molecule has 0 aliphatic rings.